The van der Waals surface area contributed by atoms with Crippen molar-refractivity contribution >= 4 is 27.8 Å². The Kier molecular flexibility index (Phi) is 5.87. The summed E-state index contributed by atoms with van der Waals surface area (Å²) in [5.74, 6) is -0.546. The standard InChI is InChI=1S/C17H20N4O3S/c1-13-7-8-16(10-14(13)2)21(25(3,23)24)12-17(22)20-19-11-15-6-4-5-9-18-15/h4-11H,12H2,1-3H3,(H,20,22). The minimum absolute atomic E-state index is 0.360. The molecule has 0 radical (unpaired) electrons. The Morgan fingerprint density at radius 2 is 2.00 bits per heavy atom. The van der Waals surface area contributed by atoms with E-state index >= 15 is 0 Å². The largest absolute Gasteiger partial charge is 0.271 e. The van der Waals surface area contributed by atoms with Gasteiger partial charge in [-0.05, 0) is 49.2 Å². The minimum Gasteiger partial charge on any atom is -0.271 e. The molecule has 0 aliphatic carbocycles. The van der Waals surface area contributed by atoms with Crippen molar-refractivity contribution in [2.24, 2.45) is 5.10 Å². The van der Waals surface area contributed by atoms with Crippen molar-refractivity contribution in [3.63, 3.8) is 0 Å². The van der Waals surface area contributed by atoms with Crippen LogP contribution < -0.4 is 9.73 Å². The zero-order valence-corrected chi connectivity index (χ0v) is 15.1. The van der Waals surface area contributed by atoms with Gasteiger partial charge in [0.2, 0.25) is 10.0 Å². The number of hydrogen-bond donors (Lipinski definition) is 1. The number of anilines is 1. The molecule has 1 aromatic heterocycles. The van der Waals surface area contributed by atoms with Crippen molar-refractivity contribution in [1.29, 1.82) is 0 Å². The van der Waals surface area contributed by atoms with Crippen LogP contribution in [0.5, 0.6) is 0 Å². The predicted molar refractivity (Wildman–Crippen MR) is 98.1 cm³/mol. The quantitative estimate of drug-likeness (QED) is 0.626. The molecule has 2 rings (SSSR count). The highest BCUT2D eigenvalue weighted by Crippen LogP contribution is 2.20. The van der Waals surface area contributed by atoms with Crippen molar-refractivity contribution in [2.75, 3.05) is 17.1 Å². The van der Waals surface area contributed by atoms with Gasteiger partial charge in [-0.25, -0.2) is 13.8 Å². The summed E-state index contributed by atoms with van der Waals surface area (Å²) < 4.78 is 25.2. The molecule has 0 aliphatic heterocycles. The number of pyridine rings is 1. The second-order valence-electron chi connectivity index (χ2n) is 5.59. The lowest BCUT2D eigenvalue weighted by molar-refractivity contribution is -0.119. The first-order valence-corrected chi connectivity index (χ1v) is 9.40. The van der Waals surface area contributed by atoms with Gasteiger partial charge in [0, 0.05) is 6.20 Å². The van der Waals surface area contributed by atoms with Gasteiger partial charge in [0.25, 0.3) is 5.91 Å². The van der Waals surface area contributed by atoms with Crippen molar-refractivity contribution in [3.8, 4) is 0 Å². The molecule has 1 N–H and O–H groups in total. The van der Waals surface area contributed by atoms with Crippen LogP contribution in [0.25, 0.3) is 0 Å². The van der Waals surface area contributed by atoms with Crippen LogP contribution in [0.2, 0.25) is 0 Å². The van der Waals surface area contributed by atoms with Gasteiger partial charge in [0.05, 0.1) is 23.9 Å². The fraction of sp³-hybridized carbons (Fsp3) is 0.235. The van der Waals surface area contributed by atoms with E-state index in [2.05, 4.69) is 15.5 Å². The Labute approximate surface area is 147 Å². The Balaban J connectivity index is 2.10. The van der Waals surface area contributed by atoms with Gasteiger partial charge >= 0.3 is 0 Å². The molecule has 25 heavy (non-hydrogen) atoms. The van der Waals surface area contributed by atoms with Gasteiger partial charge in [-0.1, -0.05) is 12.1 Å². The number of sulfonamides is 1. The molecule has 0 aliphatic rings. The van der Waals surface area contributed by atoms with Crippen molar-refractivity contribution in [3.05, 3.63) is 59.4 Å². The second kappa shape index (κ2) is 7.89. The van der Waals surface area contributed by atoms with E-state index < -0.39 is 15.9 Å². The predicted octanol–water partition coefficient (Wildman–Crippen LogP) is 1.61. The third-order valence-electron chi connectivity index (χ3n) is 3.54. The van der Waals surface area contributed by atoms with Gasteiger partial charge < -0.3 is 0 Å². The molecule has 8 heteroatoms. The first-order chi connectivity index (χ1) is 11.8. The zero-order valence-electron chi connectivity index (χ0n) is 14.3. The number of benzene rings is 1. The van der Waals surface area contributed by atoms with Crippen LogP contribution in [0.3, 0.4) is 0 Å². The molecule has 1 aromatic carbocycles. The lowest BCUT2D eigenvalue weighted by atomic mass is 10.1. The Hall–Kier alpha value is -2.74. The molecule has 2 aromatic rings. The number of hydrazone groups is 1. The lowest BCUT2D eigenvalue weighted by Gasteiger charge is -2.22. The molecule has 0 unspecified atom stereocenters. The average molecular weight is 360 g/mol. The number of nitrogens with one attached hydrogen (secondary N) is 1. The van der Waals surface area contributed by atoms with E-state index in [1.807, 2.05) is 19.9 Å². The van der Waals surface area contributed by atoms with Gasteiger partial charge in [-0.15, -0.1) is 0 Å². The lowest BCUT2D eigenvalue weighted by Crippen LogP contribution is -2.39. The zero-order chi connectivity index (χ0) is 18.4. The van der Waals surface area contributed by atoms with Crippen molar-refractivity contribution in [1.82, 2.24) is 10.4 Å². The summed E-state index contributed by atoms with van der Waals surface area (Å²) in [4.78, 5) is 16.1. The first-order valence-electron chi connectivity index (χ1n) is 7.55. The summed E-state index contributed by atoms with van der Waals surface area (Å²) in [6.45, 7) is 3.46. The fourth-order valence-electron chi connectivity index (χ4n) is 2.07. The second-order valence-corrected chi connectivity index (χ2v) is 7.49. The molecule has 7 nitrogen and oxygen atoms in total. The van der Waals surface area contributed by atoms with Gasteiger partial charge in [-0.2, -0.15) is 5.10 Å². The Bertz CT molecular complexity index is 880. The van der Waals surface area contributed by atoms with Crippen LogP contribution in [0.15, 0.2) is 47.7 Å². The first kappa shape index (κ1) is 18.6. The normalized spacial score (nSPS) is 11.5. The minimum atomic E-state index is -3.61. The smallest absolute Gasteiger partial charge is 0.260 e. The Morgan fingerprint density at radius 1 is 1.24 bits per heavy atom. The maximum atomic E-state index is 12.1. The van der Waals surface area contributed by atoms with Crippen LogP contribution in [-0.2, 0) is 14.8 Å². The molecule has 1 heterocycles. The number of amides is 1. The van der Waals surface area contributed by atoms with E-state index in [0.29, 0.717) is 11.4 Å². The maximum absolute atomic E-state index is 12.1. The van der Waals surface area contributed by atoms with Crippen LogP contribution >= 0.6 is 0 Å². The molecular formula is C17H20N4O3S. The highest BCUT2D eigenvalue weighted by atomic mass is 32.2. The summed E-state index contributed by atoms with van der Waals surface area (Å²) >= 11 is 0. The molecule has 0 saturated carbocycles. The highest BCUT2D eigenvalue weighted by molar-refractivity contribution is 7.92. The summed E-state index contributed by atoms with van der Waals surface area (Å²) in [7, 11) is -3.61. The number of rotatable bonds is 6. The third-order valence-corrected chi connectivity index (χ3v) is 4.68. The summed E-state index contributed by atoms with van der Waals surface area (Å²) in [6.07, 6.45) is 4.06. The number of nitrogens with zero attached hydrogens (tertiary/aromatic N) is 3. The molecule has 0 saturated heterocycles. The number of carbonyl (C=O) groups is 1. The van der Waals surface area contributed by atoms with E-state index in [1.54, 1.807) is 36.5 Å². The van der Waals surface area contributed by atoms with E-state index in [0.717, 1.165) is 21.7 Å². The molecule has 1 amide bonds. The maximum Gasteiger partial charge on any atom is 0.260 e. The number of aryl methyl sites for hydroxylation is 2. The summed E-state index contributed by atoms with van der Waals surface area (Å²) in [5, 5.41) is 3.79. The van der Waals surface area contributed by atoms with E-state index in [4.69, 9.17) is 0 Å². The number of carbonyl (C=O) groups excluding carboxylic acids is 1. The molecular weight excluding hydrogens is 340 g/mol. The molecule has 0 fully saturated rings. The topological polar surface area (TPSA) is 91.7 Å². The molecule has 0 spiro atoms. The molecule has 0 atom stereocenters. The SMILES string of the molecule is Cc1ccc(N(CC(=O)NN=Cc2ccccn2)S(C)(=O)=O)cc1C. The van der Waals surface area contributed by atoms with Crippen molar-refractivity contribution < 1.29 is 13.2 Å². The average Bonchev–Trinajstić information content (AvgIpc) is 2.55. The molecule has 132 valence electrons. The van der Waals surface area contributed by atoms with Crippen LogP contribution in [0.4, 0.5) is 5.69 Å². The summed E-state index contributed by atoms with van der Waals surface area (Å²) in [5.41, 5.74) is 5.32. The highest BCUT2D eigenvalue weighted by Gasteiger charge is 2.21. The van der Waals surface area contributed by atoms with Gasteiger partial charge in [0.1, 0.15) is 6.54 Å². The van der Waals surface area contributed by atoms with Gasteiger partial charge in [0.15, 0.2) is 0 Å². The van der Waals surface area contributed by atoms with Crippen LogP contribution in [0, 0.1) is 13.8 Å². The van der Waals surface area contributed by atoms with Gasteiger partial charge in [-0.3, -0.25) is 14.1 Å². The van der Waals surface area contributed by atoms with E-state index in [1.165, 1.54) is 6.21 Å². The third kappa shape index (κ3) is 5.39. The number of hydrogen-bond acceptors (Lipinski definition) is 5. The van der Waals surface area contributed by atoms with E-state index in [9.17, 15) is 13.2 Å². The van der Waals surface area contributed by atoms with E-state index in [-0.39, 0.29) is 6.54 Å². The Morgan fingerprint density at radius 3 is 2.60 bits per heavy atom. The number of aromatic nitrogens is 1. The van der Waals surface area contributed by atoms with Crippen molar-refractivity contribution in [2.45, 2.75) is 13.8 Å². The summed E-state index contributed by atoms with van der Waals surface area (Å²) in [6, 6.07) is 10.5. The molecule has 0 bridgehead atoms. The van der Waals surface area contributed by atoms with Crippen LogP contribution in [0.1, 0.15) is 16.8 Å². The monoisotopic (exact) mass is 360 g/mol. The fourth-order valence-corrected chi connectivity index (χ4v) is 2.92. The van der Waals surface area contributed by atoms with Crippen LogP contribution in [-0.4, -0.2) is 38.3 Å².